The number of fused-ring (bicyclic) bond motifs is 6. The molecule has 3 heterocycles. The molecule has 1 N–H and O–H groups in total. The number of nitrogens with zero attached hydrogens (tertiary/aromatic N) is 6. The fourth-order valence-electron chi connectivity index (χ4n) is 9.23. The third-order valence-corrected chi connectivity index (χ3v) is 11.3. The highest BCUT2D eigenvalue weighted by molar-refractivity contribution is 6.06. The summed E-state index contributed by atoms with van der Waals surface area (Å²) in [6, 6.07) is 15.1. The maximum atomic E-state index is 14.6. The van der Waals surface area contributed by atoms with Gasteiger partial charge in [0, 0.05) is 55.4 Å². The Morgan fingerprint density at radius 2 is 1.63 bits per heavy atom. The quantitative estimate of drug-likeness (QED) is 0.381. The number of carbonyl (C=O) groups excluding carboxylic acids is 1. The molecule has 5 aliphatic rings. The zero-order valence-electron chi connectivity index (χ0n) is 25.7. The highest BCUT2D eigenvalue weighted by Crippen LogP contribution is 2.60. The Kier molecular flexibility index (Phi) is 6.58. The Balaban J connectivity index is 1.12. The summed E-state index contributed by atoms with van der Waals surface area (Å²) in [5.74, 6) is 4.29. The molecule has 4 fully saturated rings. The lowest BCUT2D eigenvalue weighted by Gasteiger charge is -2.43. The van der Waals surface area contributed by atoms with Gasteiger partial charge in [0.2, 0.25) is 5.95 Å². The molecule has 5 atom stereocenters. The van der Waals surface area contributed by atoms with E-state index in [4.69, 9.17) is 9.97 Å². The number of piperazine rings is 1. The number of anilines is 5. The van der Waals surface area contributed by atoms with Gasteiger partial charge < -0.3 is 15.1 Å². The predicted molar refractivity (Wildman–Crippen MR) is 172 cm³/mol. The Bertz CT molecular complexity index is 1510. The topological polar surface area (TPSA) is 67.8 Å². The summed E-state index contributed by atoms with van der Waals surface area (Å²) in [7, 11) is 2.18. The lowest BCUT2D eigenvalue weighted by Crippen LogP contribution is -2.54. The number of benzene rings is 2. The van der Waals surface area contributed by atoms with Crippen LogP contribution in [0.5, 0.6) is 0 Å². The molecule has 5 unspecified atom stereocenters. The zero-order valence-corrected chi connectivity index (χ0v) is 25.7. The van der Waals surface area contributed by atoms with E-state index in [0.29, 0.717) is 18.4 Å². The van der Waals surface area contributed by atoms with Crippen molar-refractivity contribution in [1.29, 1.82) is 0 Å². The number of carbonyl (C=O) groups is 1. The summed E-state index contributed by atoms with van der Waals surface area (Å²) in [6.45, 7) is 8.97. The molecule has 3 saturated carbocycles. The Morgan fingerprint density at radius 3 is 2.40 bits per heavy atom. The van der Waals surface area contributed by atoms with Crippen LogP contribution in [0.25, 0.3) is 0 Å². The van der Waals surface area contributed by atoms with Gasteiger partial charge in [-0.2, -0.15) is 4.98 Å². The van der Waals surface area contributed by atoms with Crippen molar-refractivity contribution < 1.29 is 4.79 Å². The van der Waals surface area contributed by atoms with Gasteiger partial charge in [-0.1, -0.05) is 18.2 Å². The van der Waals surface area contributed by atoms with Gasteiger partial charge in [-0.3, -0.25) is 9.80 Å². The number of rotatable bonds is 5. The molecule has 8 nitrogen and oxygen atoms in total. The van der Waals surface area contributed by atoms with E-state index < -0.39 is 0 Å². The lowest BCUT2D eigenvalue weighted by atomic mass is 9.80. The summed E-state index contributed by atoms with van der Waals surface area (Å²) in [4.78, 5) is 33.4. The molecular formula is C35H43N7O. The van der Waals surface area contributed by atoms with E-state index in [-0.39, 0.29) is 12.1 Å². The van der Waals surface area contributed by atoms with Crippen molar-refractivity contribution in [3.63, 3.8) is 0 Å². The molecule has 0 radical (unpaired) electrons. The van der Waals surface area contributed by atoms with Crippen molar-refractivity contribution in [3.05, 3.63) is 65.4 Å². The molecule has 224 valence electrons. The van der Waals surface area contributed by atoms with Crippen LogP contribution in [0.1, 0.15) is 48.8 Å². The number of nitrogens with one attached hydrogen (secondary N) is 1. The van der Waals surface area contributed by atoms with E-state index in [9.17, 15) is 4.79 Å². The number of hydrogen-bond acceptors (Lipinski definition) is 6. The summed E-state index contributed by atoms with van der Waals surface area (Å²) < 4.78 is 0. The van der Waals surface area contributed by atoms with Crippen LogP contribution in [0.4, 0.5) is 33.6 Å². The van der Waals surface area contributed by atoms with Gasteiger partial charge in [-0.15, -0.1) is 0 Å². The maximum Gasteiger partial charge on any atom is 0.330 e. The number of amides is 2. The molecule has 2 aromatic carbocycles. The normalized spacial score (nSPS) is 28.4. The highest BCUT2D eigenvalue weighted by Gasteiger charge is 2.56. The van der Waals surface area contributed by atoms with Crippen LogP contribution < -0.4 is 20.0 Å². The largest absolute Gasteiger partial charge is 0.369 e. The fraction of sp³-hybridized carbons (Fsp3) is 0.514. The Labute approximate surface area is 255 Å². The first-order valence-electron chi connectivity index (χ1n) is 16.3. The minimum atomic E-state index is 0.0690. The number of aryl methyl sites for hydroxylation is 2. The summed E-state index contributed by atoms with van der Waals surface area (Å²) in [6.07, 6.45) is 8.28. The Morgan fingerprint density at radius 1 is 0.884 bits per heavy atom. The molecular weight excluding hydrogens is 534 g/mol. The highest BCUT2D eigenvalue weighted by atomic mass is 16.2. The molecule has 2 bridgehead atoms. The standard InChI is InChI=1S/C35H43N7O/c1-22-5-4-6-23(2)32(22)41-21-26-20-36-34(37-27-9-11-28(12-10-27)40-17-15-39(3)16-18-40)38-33(26)42(35(41)43)30-14-13-29-24-7-8-25(19-24)31(29)30/h4-6,9-12,20,24-25,29-31H,7-8,13-19,21H2,1-3H3,(H,36,37,38). The van der Waals surface area contributed by atoms with Gasteiger partial charge in [0.05, 0.1) is 12.2 Å². The van der Waals surface area contributed by atoms with E-state index in [1.165, 1.54) is 31.4 Å². The molecule has 8 heteroatoms. The third-order valence-electron chi connectivity index (χ3n) is 11.3. The molecule has 2 aliphatic heterocycles. The second kappa shape index (κ2) is 10.5. The van der Waals surface area contributed by atoms with Crippen molar-refractivity contribution in [2.24, 2.45) is 23.7 Å². The first-order valence-corrected chi connectivity index (χ1v) is 16.3. The predicted octanol–water partition coefficient (Wildman–Crippen LogP) is 6.36. The van der Waals surface area contributed by atoms with Crippen molar-refractivity contribution in [2.45, 2.75) is 58.5 Å². The van der Waals surface area contributed by atoms with E-state index >= 15 is 0 Å². The monoisotopic (exact) mass is 577 g/mol. The SMILES string of the molecule is Cc1cccc(C)c1N1Cc2cnc(Nc3ccc(N4CCN(C)CC4)cc3)nc2N(C2CCC3C4CCC(C4)C32)C1=O. The zero-order chi connectivity index (χ0) is 29.2. The van der Waals surface area contributed by atoms with E-state index in [1.54, 1.807) is 0 Å². The lowest BCUT2D eigenvalue weighted by molar-refractivity contribution is 0.224. The molecule has 8 rings (SSSR count). The van der Waals surface area contributed by atoms with Crippen molar-refractivity contribution in [2.75, 3.05) is 53.2 Å². The van der Waals surface area contributed by atoms with Crippen LogP contribution in [-0.4, -0.2) is 60.2 Å². The van der Waals surface area contributed by atoms with Crippen molar-refractivity contribution >= 4 is 34.9 Å². The number of urea groups is 1. The number of aromatic nitrogens is 2. The van der Waals surface area contributed by atoms with Gasteiger partial charge in [0.1, 0.15) is 5.82 Å². The first kappa shape index (κ1) is 26.9. The summed E-state index contributed by atoms with van der Waals surface area (Å²) in [5.41, 5.74) is 6.49. The second-order valence-corrected chi connectivity index (χ2v) is 13.7. The maximum absolute atomic E-state index is 14.6. The van der Waals surface area contributed by atoms with E-state index in [0.717, 1.165) is 84.2 Å². The molecule has 1 aromatic heterocycles. The smallest absolute Gasteiger partial charge is 0.330 e. The number of hydrogen-bond donors (Lipinski definition) is 1. The van der Waals surface area contributed by atoms with Gasteiger partial charge >= 0.3 is 6.03 Å². The molecule has 3 aromatic rings. The van der Waals surface area contributed by atoms with Crippen LogP contribution >= 0.6 is 0 Å². The molecule has 0 spiro atoms. The van der Waals surface area contributed by atoms with Crippen LogP contribution in [-0.2, 0) is 6.54 Å². The first-order chi connectivity index (χ1) is 20.9. The van der Waals surface area contributed by atoms with Gasteiger partial charge in [-0.05, 0) is 112 Å². The third kappa shape index (κ3) is 4.57. The van der Waals surface area contributed by atoms with Crippen LogP contribution in [0.2, 0.25) is 0 Å². The van der Waals surface area contributed by atoms with Gasteiger partial charge in [0.25, 0.3) is 0 Å². The van der Waals surface area contributed by atoms with E-state index in [2.05, 4.69) is 83.4 Å². The minimum absolute atomic E-state index is 0.0690. The molecule has 1 saturated heterocycles. The molecule has 43 heavy (non-hydrogen) atoms. The van der Waals surface area contributed by atoms with Crippen molar-refractivity contribution in [1.82, 2.24) is 14.9 Å². The van der Waals surface area contributed by atoms with E-state index in [1.807, 2.05) is 11.1 Å². The van der Waals surface area contributed by atoms with Crippen LogP contribution in [0, 0.1) is 37.5 Å². The van der Waals surface area contributed by atoms with Gasteiger partial charge in [0.15, 0.2) is 0 Å². The average molecular weight is 578 g/mol. The number of para-hydroxylation sites is 1. The minimum Gasteiger partial charge on any atom is -0.369 e. The summed E-state index contributed by atoms with van der Waals surface area (Å²) in [5, 5.41) is 3.45. The van der Waals surface area contributed by atoms with Crippen LogP contribution in [0.3, 0.4) is 0 Å². The second-order valence-electron chi connectivity index (χ2n) is 13.7. The van der Waals surface area contributed by atoms with Gasteiger partial charge in [-0.25, -0.2) is 9.78 Å². The number of likely N-dealkylation sites (N-methyl/N-ethyl adjacent to an activating group) is 1. The molecule has 3 aliphatic carbocycles. The van der Waals surface area contributed by atoms with Crippen LogP contribution in [0.15, 0.2) is 48.7 Å². The fourth-order valence-corrected chi connectivity index (χ4v) is 9.23. The van der Waals surface area contributed by atoms with Crippen molar-refractivity contribution in [3.8, 4) is 0 Å². The summed E-state index contributed by atoms with van der Waals surface area (Å²) >= 11 is 0. The average Bonchev–Trinajstić information content (AvgIpc) is 3.74. The Hall–Kier alpha value is -3.65. The molecule has 2 amide bonds.